The van der Waals surface area contributed by atoms with Gasteiger partial charge in [0.2, 0.25) is 5.91 Å². The quantitative estimate of drug-likeness (QED) is 0.580. The fourth-order valence-corrected chi connectivity index (χ4v) is 2.66. The molecule has 8 heteroatoms. The van der Waals surface area contributed by atoms with E-state index >= 15 is 0 Å². The van der Waals surface area contributed by atoms with Gasteiger partial charge in [-0.25, -0.2) is 10.8 Å². The Balaban J connectivity index is 2.42. The highest BCUT2D eigenvalue weighted by atomic mass is 35.5. The van der Waals surface area contributed by atoms with E-state index in [-0.39, 0.29) is 11.9 Å². The van der Waals surface area contributed by atoms with Crippen molar-refractivity contribution in [1.29, 1.82) is 0 Å². The van der Waals surface area contributed by atoms with Crippen LogP contribution in [0.2, 0.25) is 10.0 Å². The number of carbonyl (C=O) groups excluding carboxylic acids is 1. The van der Waals surface area contributed by atoms with Crippen LogP contribution in [0.25, 0.3) is 0 Å². The summed E-state index contributed by atoms with van der Waals surface area (Å²) >= 11 is 12.1. The number of nitrogens with two attached hydrogens (primary N) is 1. The SMILES string of the molecule is CCC1C(=O)NCCN1c1nc(NN)c(Cl)cc1Cl. The first-order valence-corrected chi connectivity index (χ1v) is 6.71. The molecule has 2 heterocycles. The van der Waals surface area contributed by atoms with Gasteiger partial charge in [-0.15, -0.1) is 0 Å². The Kier molecular flexibility index (Phi) is 4.34. The largest absolute Gasteiger partial charge is 0.353 e. The first-order valence-electron chi connectivity index (χ1n) is 5.95. The van der Waals surface area contributed by atoms with Gasteiger partial charge in [0.15, 0.2) is 11.6 Å². The normalized spacial score (nSPS) is 19.3. The molecule has 1 fully saturated rings. The predicted molar refractivity (Wildman–Crippen MR) is 76.5 cm³/mol. The first-order chi connectivity index (χ1) is 9.08. The summed E-state index contributed by atoms with van der Waals surface area (Å²) in [5, 5.41) is 3.56. The molecule has 0 bridgehead atoms. The van der Waals surface area contributed by atoms with E-state index in [4.69, 9.17) is 29.0 Å². The number of halogens is 2. The van der Waals surface area contributed by atoms with Crippen molar-refractivity contribution in [3.8, 4) is 0 Å². The van der Waals surface area contributed by atoms with E-state index in [2.05, 4.69) is 15.7 Å². The van der Waals surface area contributed by atoms with Gasteiger partial charge in [0.1, 0.15) is 6.04 Å². The lowest BCUT2D eigenvalue weighted by atomic mass is 10.1. The number of nitrogens with one attached hydrogen (secondary N) is 2. The monoisotopic (exact) mass is 303 g/mol. The molecule has 0 saturated carbocycles. The highest BCUT2D eigenvalue weighted by Crippen LogP contribution is 2.32. The molecule has 1 aliphatic heterocycles. The maximum absolute atomic E-state index is 11.9. The third-order valence-electron chi connectivity index (χ3n) is 3.04. The number of amides is 1. The Morgan fingerprint density at radius 2 is 2.32 bits per heavy atom. The molecule has 1 aliphatic rings. The van der Waals surface area contributed by atoms with Crippen molar-refractivity contribution in [1.82, 2.24) is 10.3 Å². The van der Waals surface area contributed by atoms with Crippen LogP contribution in [0.1, 0.15) is 13.3 Å². The van der Waals surface area contributed by atoms with Gasteiger partial charge in [-0.1, -0.05) is 30.1 Å². The third kappa shape index (κ3) is 2.70. The standard InChI is InChI=1S/C11H15Cl2N5O/c1-2-8-11(19)15-3-4-18(8)10-7(13)5-6(12)9(16-10)17-14/h5,8H,2-4,14H2,1H3,(H,15,19)(H,16,17). The van der Waals surface area contributed by atoms with Crippen LogP contribution in [0, 0.1) is 0 Å². The first kappa shape index (κ1) is 14.2. The molecule has 1 aromatic rings. The fourth-order valence-electron chi connectivity index (χ4n) is 2.13. The van der Waals surface area contributed by atoms with E-state index < -0.39 is 0 Å². The Morgan fingerprint density at radius 1 is 1.58 bits per heavy atom. The maximum atomic E-state index is 11.9. The van der Waals surface area contributed by atoms with Gasteiger partial charge in [0.05, 0.1) is 10.0 Å². The molecular formula is C11H15Cl2N5O. The van der Waals surface area contributed by atoms with Crippen molar-refractivity contribution in [2.45, 2.75) is 19.4 Å². The van der Waals surface area contributed by atoms with Crippen LogP contribution in [0.3, 0.4) is 0 Å². The molecule has 1 amide bonds. The van der Waals surface area contributed by atoms with E-state index in [0.717, 1.165) is 0 Å². The number of hydrogen-bond donors (Lipinski definition) is 3. The Morgan fingerprint density at radius 3 is 2.95 bits per heavy atom. The zero-order chi connectivity index (χ0) is 14.0. The predicted octanol–water partition coefficient (Wildman–Crippen LogP) is 1.39. The van der Waals surface area contributed by atoms with E-state index in [1.807, 2.05) is 11.8 Å². The van der Waals surface area contributed by atoms with E-state index in [0.29, 0.717) is 41.2 Å². The summed E-state index contributed by atoms with van der Waals surface area (Å²) in [4.78, 5) is 18.0. The summed E-state index contributed by atoms with van der Waals surface area (Å²) in [5.41, 5.74) is 2.42. The number of hydrazine groups is 1. The maximum Gasteiger partial charge on any atom is 0.242 e. The summed E-state index contributed by atoms with van der Waals surface area (Å²) in [6.07, 6.45) is 0.665. The van der Waals surface area contributed by atoms with Crippen molar-refractivity contribution in [2.24, 2.45) is 5.84 Å². The Bertz CT molecular complexity index is 496. The summed E-state index contributed by atoms with van der Waals surface area (Å²) in [6, 6.07) is 1.28. The summed E-state index contributed by atoms with van der Waals surface area (Å²) in [5.74, 6) is 6.18. The number of piperazine rings is 1. The molecule has 1 aromatic heterocycles. The van der Waals surface area contributed by atoms with Crippen molar-refractivity contribution in [3.05, 3.63) is 16.1 Å². The van der Waals surface area contributed by atoms with Gasteiger partial charge in [-0.05, 0) is 12.5 Å². The molecule has 0 aliphatic carbocycles. The van der Waals surface area contributed by atoms with Crippen LogP contribution in [-0.4, -0.2) is 30.0 Å². The lowest BCUT2D eigenvalue weighted by molar-refractivity contribution is -0.123. The second kappa shape index (κ2) is 5.81. The Hall–Kier alpha value is -1.24. The van der Waals surface area contributed by atoms with E-state index in [1.165, 1.54) is 0 Å². The van der Waals surface area contributed by atoms with Crippen LogP contribution >= 0.6 is 23.2 Å². The second-order valence-electron chi connectivity index (χ2n) is 4.18. The van der Waals surface area contributed by atoms with Crippen molar-refractivity contribution < 1.29 is 4.79 Å². The molecule has 1 atom stereocenters. The number of nitrogen functional groups attached to an aromatic ring is 1. The molecule has 1 saturated heterocycles. The number of pyridine rings is 1. The number of rotatable bonds is 3. The lowest BCUT2D eigenvalue weighted by Crippen LogP contribution is -2.55. The zero-order valence-corrected chi connectivity index (χ0v) is 11.9. The van der Waals surface area contributed by atoms with Gasteiger partial charge in [0.25, 0.3) is 0 Å². The summed E-state index contributed by atoms with van der Waals surface area (Å²) < 4.78 is 0. The molecule has 1 unspecified atom stereocenters. The molecule has 104 valence electrons. The number of anilines is 2. The van der Waals surface area contributed by atoms with Crippen LogP contribution in [0.15, 0.2) is 6.07 Å². The van der Waals surface area contributed by atoms with Gasteiger partial charge in [0, 0.05) is 13.1 Å². The van der Waals surface area contributed by atoms with E-state index in [1.54, 1.807) is 6.07 Å². The fraction of sp³-hybridized carbons (Fsp3) is 0.455. The van der Waals surface area contributed by atoms with Crippen LogP contribution < -0.4 is 21.5 Å². The molecule has 6 nitrogen and oxygen atoms in total. The molecule has 0 aromatic carbocycles. The average Bonchev–Trinajstić information content (AvgIpc) is 2.39. The third-order valence-corrected chi connectivity index (χ3v) is 3.60. The molecule has 2 rings (SSSR count). The van der Waals surface area contributed by atoms with Crippen LogP contribution in [0.4, 0.5) is 11.6 Å². The van der Waals surface area contributed by atoms with Gasteiger partial charge in [-0.3, -0.25) is 4.79 Å². The van der Waals surface area contributed by atoms with Crippen LogP contribution in [-0.2, 0) is 4.79 Å². The molecule has 0 spiro atoms. The Labute approximate surface area is 121 Å². The minimum absolute atomic E-state index is 0.0242. The van der Waals surface area contributed by atoms with Crippen molar-refractivity contribution in [3.63, 3.8) is 0 Å². The van der Waals surface area contributed by atoms with E-state index in [9.17, 15) is 4.79 Å². The van der Waals surface area contributed by atoms with Crippen molar-refractivity contribution in [2.75, 3.05) is 23.4 Å². The molecule has 0 radical (unpaired) electrons. The molecule has 19 heavy (non-hydrogen) atoms. The molecular weight excluding hydrogens is 289 g/mol. The number of hydrogen-bond acceptors (Lipinski definition) is 5. The van der Waals surface area contributed by atoms with Gasteiger partial charge < -0.3 is 15.6 Å². The smallest absolute Gasteiger partial charge is 0.242 e. The summed E-state index contributed by atoms with van der Waals surface area (Å²) in [6.45, 7) is 3.14. The lowest BCUT2D eigenvalue weighted by Gasteiger charge is -2.36. The number of aromatic nitrogens is 1. The van der Waals surface area contributed by atoms with Gasteiger partial charge >= 0.3 is 0 Å². The zero-order valence-electron chi connectivity index (χ0n) is 10.4. The number of nitrogens with zero attached hydrogens (tertiary/aromatic N) is 2. The van der Waals surface area contributed by atoms with Crippen molar-refractivity contribution >= 4 is 40.7 Å². The summed E-state index contributed by atoms with van der Waals surface area (Å²) in [7, 11) is 0. The van der Waals surface area contributed by atoms with Crippen LogP contribution in [0.5, 0.6) is 0 Å². The average molecular weight is 304 g/mol. The minimum Gasteiger partial charge on any atom is -0.353 e. The van der Waals surface area contributed by atoms with Gasteiger partial charge in [-0.2, -0.15) is 0 Å². The highest BCUT2D eigenvalue weighted by Gasteiger charge is 2.30. The number of carbonyl (C=O) groups is 1. The minimum atomic E-state index is -0.287. The molecule has 4 N–H and O–H groups in total. The highest BCUT2D eigenvalue weighted by molar-refractivity contribution is 6.37. The topological polar surface area (TPSA) is 83.3 Å². The second-order valence-corrected chi connectivity index (χ2v) is 4.99.